The number of amides is 2. The third kappa shape index (κ3) is 4.19. The molecule has 0 bridgehead atoms. The Balaban J connectivity index is 1.80. The molecule has 2 heterocycles. The fraction of sp³-hybridized carbons (Fsp3) is 0.308. The van der Waals surface area contributed by atoms with E-state index in [2.05, 4.69) is 6.92 Å². The van der Waals surface area contributed by atoms with Crippen LogP contribution in [0.15, 0.2) is 60.7 Å². The summed E-state index contributed by atoms with van der Waals surface area (Å²) in [4.78, 5) is 32.5. The van der Waals surface area contributed by atoms with Crippen LogP contribution in [0.25, 0.3) is 0 Å². The van der Waals surface area contributed by atoms with Crippen LogP contribution in [0.5, 0.6) is 0 Å². The van der Waals surface area contributed by atoms with Gasteiger partial charge < -0.3 is 9.80 Å². The molecule has 2 atom stereocenters. The van der Waals surface area contributed by atoms with Gasteiger partial charge in [0.15, 0.2) is 0 Å². The summed E-state index contributed by atoms with van der Waals surface area (Å²) in [6.45, 7) is 7.89. The molecule has 0 spiro atoms. The molecule has 0 saturated carbocycles. The Labute approximate surface area is 198 Å². The summed E-state index contributed by atoms with van der Waals surface area (Å²) < 4.78 is 0. The van der Waals surface area contributed by atoms with Gasteiger partial charge in [0.2, 0.25) is 5.91 Å². The van der Waals surface area contributed by atoms with Gasteiger partial charge in [-0.15, -0.1) is 11.3 Å². The van der Waals surface area contributed by atoms with E-state index in [-0.39, 0.29) is 29.8 Å². The predicted molar refractivity (Wildman–Crippen MR) is 133 cm³/mol. The van der Waals surface area contributed by atoms with Crippen LogP contribution in [-0.2, 0) is 4.79 Å². The molecule has 2 aromatic carbocycles. The second-order valence-electron chi connectivity index (χ2n) is 8.58. The first-order valence-corrected chi connectivity index (χ1v) is 12.0. The molecule has 32 heavy (non-hydrogen) atoms. The molecule has 0 N–H and O–H groups in total. The lowest BCUT2D eigenvalue weighted by molar-refractivity contribution is -0.122. The molecule has 6 heteroatoms. The average Bonchev–Trinajstić information content (AvgIpc) is 3.21. The molecule has 4 rings (SSSR count). The van der Waals surface area contributed by atoms with Gasteiger partial charge in [0.25, 0.3) is 5.91 Å². The number of nitrogens with zero attached hydrogens (tertiary/aromatic N) is 2. The highest BCUT2D eigenvalue weighted by atomic mass is 35.5. The van der Waals surface area contributed by atoms with Crippen molar-refractivity contribution in [1.82, 2.24) is 0 Å². The summed E-state index contributed by atoms with van der Waals surface area (Å²) in [6, 6.07) is 19.0. The number of hydrogen-bond acceptors (Lipinski definition) is 3. The topological polar surface area (TPSA) is 40.6 Å². The molecule has 0 saturated heterocycles. The van der Waals surface area contributed by atoms with Crippen LogP contribution < -0.4 is 9.80 Å². The molecule has 166 valence electrons. The van der Waals surface area contributed by atoms with Crippen LogP contribution >= 0.6 is 22.9 Å². The summed E-state index contributed by atoms with van der Waals surface area (Å²) in [5.74, 6) is -0.107. The number of carbonyl (C=O) groups is 2. The quantitative estimate of drug-likeness (QED) is 0.420. The van der Waals surface area contributed by atoms with Crippen molar-refractivity contribution in [1.29, 1.82) is 0 Å². The van der Waals surface area contributed by atoms with E-state index in [0.717, 1.165) is 26.7 Å². The number of rotatable bonds is 4. The van der Waals surface area contributed by atoms with E-state index in [9.17, 15) is 9.59 Å². The van der Waals surface area contributed by atoms with Crippen LogP contribution in [-0.4, -0.2) is 17.9 Å². The highest BCUT2D eigenvalue weighted by Crippen LogP contribution is 2.43. The van der Waals surface area contributed by atoms with E-state index in [4.69, 9.17) is 11.6 Å². The minimum Gasteiger partial charge on any atom is -0.305 e. The molecule has 2 amide bonds. The second kappa shape index (κ2) is 9.08. The van der Waals surface area contributed by atoms with E-state index < -0.39 is 0 Å². The number of hydrogen-bond donors (Lipinski definition) is 0. The molecular formula is C26H27ClN2O2S. The van der Waals surface area contributed by atoms with Gasteiger partial charge in [-0.3, -0.25) is 9.59 Å². The first-order chi connectivity index (χ1) is 15.3. The zero-order valence-electron chi connectivity index (χ0n) is 18.7. The van der Waals surface area contributed by atoms with Crippen molar-refractivity contribution in [3.8, 4) is 0 Å². The predicted octanol–water partition coefficient (Wildman–Crippen LogP) is 6.88. The zero-order chi connectivity index (χ0) is 23.0. The Morgan fingerprint density at radius 2 is 1.75 bits per heavy atom. The van der Waals surface area contributed by atoms with Crippen molar-refractivity contribution < 1.29 is 9.59 Å². The van der Waals surface area contributed by atoms with Crippen molar-refractivity contribution in [2.45, 2.75) is 46.2 Å². The molecular weight excluding hydrogens is 440 g/mol. The van der Waals surface area contributed by atoms with Gasteiger partial charge in [-0.25, -0.2) is 0 Å². The monoisotopic (exact) mass is 466 g/mol. The Hall–Kier alpha value is -2.63. The van der Waals surface area contributed by atoms with Crippen LogP contribution in [0.2, 0.25) is 5.02 Å². The maximum absolute atomic E-state index is 13.5. The number of halogens is 1. The Morgan fingerprint density at radius 1 is 1.06 bits per heavy atom. The molecule has 1 aliphatic rings. The maximum Gasteiger partial charge on any atom is 0.268 e. The number of para-hydroxylation sites is 1. The van der Waals surface area contributed by atoms with Crippen LogP contribution in [0.1, 0.15) is 53.3 Å². The average molecular weight is 467 g/mol. The Bertz CT molecular complexity index is 1140. The second-order valence-corrected chi connectivity index (χ2v) is 10.3. The van der Waals surface area contributed by atoms with Gasteiger partial charge >= 0.3 is 0 Å². The number of aryl methyl sites for hydroxylation is 1. The molecule has 0 unspecified atom stereocenters. The van der Waals surface area contributed by atoms with E-state index in [1.54, 1.807) is 0 Å². The molecule has 0 fully saturated rings. The van der Waals surface area contributed by atoms with Crippen molar-refractivity contribution in [3.05, 3.63) is 81.0 Å². The number of fused-ring (bicyclic) bond motifs is 1. The van der Waals surface area contributed by atoms with Crippen LogP contribution in [0.4, 0.5) is 11.4 Å². The third-order valence-corrected chi connectivity index (χ3v) is 7.12. The highest BCUT2D eigenvalue weighted by Gasteiger charge is 2.39. The van der Waals surface area contributed by atoms with Crippen LogP contribution in [0.3, 0.4) is 0 Å². The van der Waals surface area contributed by atoms with E-state index in [1.165, 1.54) is 11.3 Å². The number of thiophene rings is 1. The molecule has 1 aromatic heterocycles. The molecule has 0 radical (unpaired) electrons. The number of benzene rings is 2. The summed E-state index contributed by atoms with van der Waals surface area (Å²) in [6.07, 6.45) is 0.647. The number of anilines is 2. The summed E-state index contributed by atoms with van der Waals surface area (Å²) in [7, 11) is 0. The van der Waals surface area contributed by atoms with Gasteiger partial charge in [-0.05, 0) is 68.3 Å². The lowest BCUT2D eigenvalue weighted by Gasteiger charge is -2.44. The van der Waals surface area contributed by atoms with Crippen molar-refractivity contribution in [3.63, 3.8) is 0 Å². The normalized spacial score (nSPS) is 17.9. The first-order valence-electron chi connectivity index (χ1n) is 10.9. The summed E-state index contributed by atoms with van der Waals surface area (Å²) in [5.41, 5.74) is 2.66. The SMILES string of the molecule is Cc1ccc(C(=O)N2c3ccccc3[C@H](N(C(=O)C(C)C)c3ccc(Cl)cc3)C[C@@H]2C)s1. The lowest BCUT2D eigenvalue weighted by Crippen LogP contribution is -2.48. The Morgan fingerprint density at radius 3 is 2.38 bits per heavy atom. The smallest absolute Gasteiger partial charge is 0.268 e. The minimum absolute atomic E-state index is 0.00901. The fourth-order valence-corrected chi connectivity index (χ4v) is 5.28. The van der Waals surface area contributed by atoms with Crippen molar-refractivity contribution in [2.75, 3.05) is 9.80 Å². The van der Waals surface area contributed by atoms with E-state index in [0.29, 0.717) is 11.4 Å². The van der Waals surface area contributed by atoms with Crippen LogP contribution in [0, 0.1) is 12.8 Å². The summed E-state index contributed by atoms with van der Waals surface area (Å²) in [5, 5.41) is 0.631. The van der Waals surface area contributed by atoms with Crippen molar-refractivity contribution in [2.24, 2.45) is 5.92 Å². The standard InChI is InChI=1S/C26H27ClN2O2S/c1-16(2)25(30)29(20-12-10-19(27)11-13-20)23-15-17(3)28(22-8-6-5-7-21(22)23)26(31)24-14-9-18(4)32-24/h5-14,16-17,23H,15H2,1-4H3/t17-,23+/m0/s1. The largest absolute Gasteiger partial charge is 0.305 e. The molecule has 1 aliphatic heterocycles. The van der Waals surface area contributed by atoms with Crippen molar-refractivity contribution >= 4 is 46.1 Å². The van der Waals surface area contributed by atoms with Gasteiger partial charge in [0.1, 0.15) is 0 Å². The first kappa shape index (κ1) is 22.6. The fourth-order valence-electron chi connectivity index (χ4n) is 4.34. The van der Waals surface area contributed by atoms with Gasteiger partial charge in [0, 0.05) is 33.2 Å². The molecule has 4 nitrogen and oxygen atoms in total. The zero-order valence-corrected chi connectivity index (χ0v) is 20.3. The third-order valence-electron chi connectivity index (χ3n) is 5.88. The number of carbonyl (C=O) groups excluding carboxylic acids is 2. The maximum atomic E-state index is 13.5. The van der Waals surface area contributed by atoms with Gasteiger partial charge in [-0.2, -0.15) is 0 Å². The summed E-state index contributed by atoms with van der Waals surface area (Å²) >= 11 is 7.63. The van der Waals surface area contributed by atoms with Gasteiger partial charge in [-0.1, -0.05) is 43.6 Å². The highest BCUT2D eigenvalue weighted by molar-refractivity contribution is 7.14. The lowest BCUT2D eigenvalue weighted by atomic mass is 9.89. The van der Waals surface area contributed by atoms with E-state index in [1.807, 2.05) is 91.2 Å². The molecule has 0 aliphatic carbocycles. The van der Waals surface area contributed by atoms with Gasteiger partial charge in [0.05, 0.1) is 10.9 Å². The molecule has 3 aromatic rings. The van der Waals surface area contributed by atoms with E-state index >= 15 is 0 Å². The minimum atomic E-state index is -0.175. The Kier molecular flexibility index (Phi) is 6.40.